The zero-order valence-electron chi connectivity index (χ0n) is 9.74. The summed E-state index contributed by atoms with van der Waals surface area (Å²) in [6, 6.07) is 3.84. The summed E-state index contributed by atoms with van der Waals surface area (Å²) >= 11 is 0. The molecule has 1 N–H and O–H groups in total. The lowest BCUT2D eigenvalue weighted by Gasteiger charge is -2.16. The normalized spacial score (nSPS) is 13.8. The fourth-order valence-electron chi connectivity index (χ4n) is 1.54. The van der Waals surface area contributed by atoms with E-state index in [2.05, 4.69) is 5.32 Å². The number of nitrogens with one attached hydrogen (secondary N) is 1. The van der Waals surface area contributed by atoms with Crippen molar-refractivity contribution < 1.29 is 17.6 Å². The Hall–Kier alpha value is -1.10. The minimum Gasteiger partial charge on any atom is -0.310 e. The van der Waals surface area contributed by atoms with Crippen molar-refractivity contribution in [2.24, 2.45) is 0 Å². The van der Waals surface area contributed by atoms with E-state index in [1.165, 1.54) is 13.0 Å². The molecule has 5 heteroatoms. The van der Waals surface area contributed by atoms with Gasteiger partial charge in [-0.15, -0.1) is 0 Å². The summed E-state index contributed by atoms with van der Waals surface area (Å²) in [4.78, 5) is 0. The summed E-state index contributed by atoms with van der Waals surface area (Å²) in [7, 11) is 0. The molecule has 17 heavy (non-hydrogen) atoms. The van der Waals surface area contributed by atoms with Crippen LogP contribution in [0.3, 0.4) is 0 Å². The number of alkyl halides is 3. The first-order valence-corrected chi connectivity index (χ1v) is 5.33. The smallest absolute Gasteiger partial charge is 0.310 e. The Balaban J connectivity index is 2.53. The third-order valence-corrected chi connectivity index (χ3v) is 2.38. The molecule has 1 atom stereocenters. The number of hydrogen-bond acceptors (Lipinski definition) is 1. The topological polar surface area (TPSA) is 12.0 Å². The molecular weight excluding hydrogens is 234 g/mol. The van der Waals surface area contributed by atoms with Crippen molar-refractivity contribution in [3.63, 3.8) is 0 Å². The van der Waals surface area contributed by atoms with E-state index >= 15 is 0 Å². The first kappa shape index (κ1) is 14.0. The molecular formula is C12H15F4N. The van der Waals surface area contributed by atoms with Crippen molar-refractivity contribution in [2.45, 2.75) is 39.0 Å². The van der Waals surface area contributed by atoms with E-state index < -0.39 is 24.5 Å². The number of halogens is 4. The van der Waals surface area contributed by atoms with Crippen molar-refractivity contribution in [2.75, 3.05) is 0 Å². The van der Waals surface area contributed by atoms with Crippen LogP contribution in [-0.4, -0.2) is 12.2 Å². The molecule has 0 aliphatic rings. The van der Waals surface area contributed by atoms with Gasteiger partial charge in [0.25, 0.3) is 0 Å². The minimum atomic E-state index is -4.20. The highest BCUT2D eigenvalue weighted by molar-refractivity contribution is 5.23. The van der Waals surface area contributed by atoms with Crippen LogP contribution >= 0.6 is 0 Å². The zero-order chi connectivity index (χ0) is 13.1. The van der Waals surface area contributed by atoms with Crippen molar-refractivity contribution in [3.05, 3.63) is 35.1 Å². The van der Waals surface area contributed by atoms with Gasteiger partial charge < -0.3 is 5.32 Å². The molecule has 1 rings (SSSR count). The molecule has 0 amide bonds. The van der Waals surface area contributed by atoms with Crippen LogP contribution in [0.15, 0.2) is 18.2 Å². The van der Waals surface area contributed by atoms with E-state index in [1.807, 2.05) is 6.92 Å². The first-order valence-electron chi connectivity index (χ1n) is 5.33. The van der Waals surface area contributed by atoms with Gasteiger partial charge >= 0.3 is 6.18 Å². The SMILES string of the molecule is Cc1ccc(F)c(CNC(C)CC(F)(F)F)c1. The second-order valence-corrected chi connectivity index (χ2v) is 4.20. The number of benzene rings is 1. The molecule has 0 aliphatic heterocycles. The fourth-order valence-corrected chi connectivity index (χ4v) is 1.54. The number of hydrogen-bond donors (Lipinski definition) is 1. The quantitative estimate of drug-likeness (QED) is 0.804. The lowest BCUT2D eigenvalue weighted by atomic mass is 10.1. The maximum atomic E-state index is 13.3. The molecule has 1 nitrogen and oxygen atoms in total. The van der Waals surface area contributed by atoms with Crippen molar-refractivity contribution in [1.82, 2.24) is 5.32 Å². The van der Waals surface area contributed by atoms with Crippen LogP contribution in [0.4, 0.5) is 17.6 Å². The molecule has 0 aromatic heterocycles. The molecule has 1 aromatic carbocycles. The van der Waals surface area contributed by atoms with Gasteiger partial charge in [0.1, 0.15) is 5.82 Å². The van der Waals surface area contributed by atoms with Gasteiger partial charge in [0, 0.05) is 18.2 Å². The molecule has 0 fully saturated rings. The molecule has 0 spiro atoms. The maximum Gasteiger partial charge on any atom is 0.390 e. The van der Waals surface area contributed by atoms with E-state index in [0.717, 1.165) is 5.56 Å². The predicted octanol–water partition coefficient (Wildman–Crippen LogP) is 3.56. The van der Waals surface area contributed by atoms with Crippen LogP contribution in [0.5, 0.6) is 0 Å². The third-order valence-electron chi connectivity index (χ3n) is 2.38. The average Bonchev–Trinajstić information content (AvgIpc) is 2.17. The Morgan fingerprint density at radius 2 is 1.94 bits per heavy atom. The Kier molecular flexibility index (Phi) is 4.51. The summed E-state index contributed by atoms with van der Waals surface area (Å²) in [6.45, 7) is 3.34. The average molecular weight is 249 g/mol. The van der Waals surface area contributed by atoms with Gasteiger partial charge in [-0.1, -0.05) is 17.7 Å². The van der Waals surface area contributed by atoms with Crippen LogP contribution < -0.4 is 5.32 Å². The Labute approximate surface area is 97.8 Å². The molecule has 0 radical (unpaired) electrons. The first-order chi connectivity index (χ1) is 7.78. The highest BCUT2D eigenvalue weighted by Gasteiger charge is 2.29. The molecule has 96 valence electrons. The summed E-state index contributed by atoms with van der Waals surface area (Å²) in [6.07, 6.45) is -5.11. The van der Waals surface area contributed by atoms with E-state index in [4.69, 9.17) is 0 Å². The van der Waals surface area contributed by atoms with Gasteiger partial charge in [-0.05, 0) is 19.9 Å². The van der Waals surface area contributed by atoms with Crippen molar-refractivity contribution >= 4 is 0 Å². The highest BCUT2D eigenvalue weighted by Crippen LogP contribution is 2.21. The lowest BCUT2D eigenvalue weighted by molar-refractivity contribution is -0.139. The summed E-state index contributed by atoms with van der Waals surface area (Å²) in [5, 5.41) is 2.66. The van der Waals surface area contributed by atoms with Crippen LogP contribution in [0.1, 0.15) is 24.5 Å². The van der Waals surface area contributed by atoms with E-state index in [-0.39, 0.29) is 6.54 Å². The summed E-state index contributed by atoms with van der Waals surface area (Å²) in [5.41, 5.74) is 1.27. The highest BCUT2D eigenvalue weighted by atomic mass is 19.4. The van der Waals surface area contributed by atoms with Crippen LogP contribution in [0.25, 0.3) is 0 Å². The molecule has 0 heterocycles. The molecule has 0 saturated heterocycles. The lowest BCUT2D eigenvalue weighted by Crippen LogP contribution is -2.31. The summed E-state index contributed by atoms with van der Waals surface area (Å²) < 4.78 is 49.5. The van der Waals surface area contributed by atoms with Crippen LogP contribution in [0, 0.1) is 12.7 Å². The van der Waals surface area contributed by atoms with Gasteiger partial charge in [0.05, 0.1) is 6.42 Å². The van der Waals surface area contributed by atoms with E-state index in [1.54, 1.807) is 12.1 Å². The molecule has 0 saturated carbocycles. The fraction of sp³-hybridized carbons (Fsp3) is 0.500. The number of rotatable bonds is 4. The van der Waals surface area contributed by atoms with E-state index in [0.29, 0.717) is 5.56 Å². The zero-order valence-corrected chi connectivity index (χ0v) is 9.74. The van der Waals surface area contributed by atoms with E-state index in [9.17, 15) is 17.6 Å². The van der Waals surface area contributed by atoms with Crippen LogP contribution in [-0.2, 0) is 6.54 Å². The van der Waals surface area contributed by atoms with Gasteiger partial charge in [0.2, 0.25) is 0 Å². The van der Waals surface area contributed by atoms with Gasteiger partial charge in [-0.25, -0.2) is 4.39 Å². The largest absolute Gasteiger partial charge is 0.390 e. The Morgan fingerprint density at radius 3 is 2.53 bits per heavy atom. The Bertz CT molecular complexity index is 373. The van der Waals surface area contributed by atoms with Crippen molar-refractivity contribution in [1.29, 1.82) is 0 Å². The minimum absolute atomic E-state index is 0.102. The molecule has 1 aromatic rings. The summed E-state index contributed by atoms with van der Waals surface area (Å²) in [5.74, 6) is -0.401. The maximum absolute atomic E-state index is 13.3. The Morgan fingerprint density at radius 1 is 1.29 bits per heavy atom. The predicted molar refractivity (Wildman–Crippen MR) is 58.1 cm³/mol. The standard InChI is InChI=1S/C12H15F4N/c1-8-3-4-11(13)10(5-8)7-17-9(2)6-12(14,15)16/h3-5,9,17H,6-7H2,1-2H3. The van der Waals surface area contributed by atoms with Crippen molar-refractivity contribution in [3.8, 4) is 0 Å². The third kappa shape index (κ3) is 5.17. The van der Waals surface area contributed by atoms with Crippen LogP contribution in [0.2, 0.25) is 0 Å². The van der Waals surface area contributed by atoms with Gasteiger partial charge in [-0.3, -0.25) is 0 Å². The molecule has 0 aliphatic carbocycles. The molecule has 1 unspecified atom stereocenters. The monoisotopic (exact) mass is 249 g/mol. The molecule has 0 bridgehead atoms. The second kappa shape index (κ2) is 5.49. The van der Waals surface area contributed by atoms with Gasteiger partial charge in [-0.2, -0.15) is 13.2 Å². The second-order valence-electron chi connectivity index (χ2n) is 4.20. The van der Waals surface area contributed by atoms with Gasteiger partial charge in [0.15, 0.2) is 0 Å². The number of aryl methyl sites for hydroxylation is 1.